The number of rotatable bonds is 7. The van der Waals surface area contributed by atoms with E-state index in [1.165, 1.54) is 12.1 Å². The number of carbonyl (C=O) groups excluding carboxylic acids is 1. The molecule has 2 rings (SSSR count). The van der Waals surface area contributed by atoms with E-state index in [2.05, 4.69) is 0 Å². The Morgan fingerprint density at radius 2 is 2.05 bits per heavy atom. The minimum absolute atomic E-state index is 0.219. The van der Waals surface area contributed by atoms with Crippen molar-refractivity contribution in [1.82, 2.24) is 0 Å². The van der Waals surface area contributed by atoms with Gasteiger partial charge in [0, 0.05) is 6.07 Å². The van der Waals surface area contributed by atoms with E-state index in [4.69, 9.17) is 4.74 Å². The standard InChI is InChI=1S/C13H14N2O6/c1-2-4-8(11-7-21-11)13(16)9-5-3-6-10(14(17)18)12(9)15(19)20/h3,5-6,8,11H,2,4,7H2,1H3. The third-order valence-corrected chi connectivity index (χ3v) is 3.40. The van der Waals surface area contributed by atoms with Gasteiger partial charge in [-0.05, 0) is 12.5 Å². The number of para-hydroxylation sites is 1. The Hall–Kier alpha value is -2.35. The maximum Gasteiger partial charge on any atom is 0.356 e. The maximum atomic E-state index is 12.5. The van der Waals surface area contributed by atoms with Crippen molar-refractivity contribution in [2.45, 2.75) is 25.9 Å². The number of Topliss-reactive ketones (excluding diaryl/α,β-unsaturated/α-hetero) is 1. The highest BCUT2D eigenvalue weighted by Crippen LogP contribution is 2.35. The Kier molecular flexibility index (Phi) is 4.27. The molecule has 0 amide bonds. The molecule has 0 aliphatic carbocycles. The second-order valence-electron chi connectivity index (χ2n) is 4.82. The van der Waals surface area contributed by atoms with Gasteiger partial charge in [0.05, 0.1) is 28.5 Å². The average Bonchev–Trinajstić information content (AvgIpc) is 3.27. The van der Waals surface area contributed by atoms with E-state index in [-0.39, 0.29) is 11.7 Å². The first-order chi connectivity index (χ1) is 9.97. The topological polar surface area (TPSA) is 116 Å². The number of nitro groups is 2. The van der Waals surface area contributed by atoms with Crippen LogP contribution in [-0.4, -0.2) is 28.3 Å². The van der Waals surface area contributed by atoms with Gasteiger partial charge in [0.25, 0.3) is 0 Å². The average molecular weight is 294 g/mol. The monoisotopic (exact) mass is 294 g/mol. The molecule has 8 nitrogen and oxygen atoms in total. The summed E-state index contributed by atoms with van der Waals surface area (Å²) in [6.45, 7) is 2.34. The second-order valence-corrected chi connectivity index (χ2v) is 4.82. The minimum Gasteiger partial charge on any atom is -0.372 e. The summed E-state index contributed by atoms with van der Waals surface area (Å²) in [5, 5.41) is 22.0. The number of ketones is 1. The first-order valence-electron chi connectivity index (χ1n) is 6.55. The van der Waals surface area contributed by atoms with Gasteiger partial charge in [-0.1, -0.05) is 19.4 Å². The Morgan fingerprint density at radius 3 is 2.52 bits per heavy atom. The number of ether oxygens (including phenoxy) is 1. The lowest BCUT2D eigenvalue weighted by molar-refractivity contribution is -0.422. The highest BCUT2D eigenvalue weighted by molar-refractivity contribution is 6.03. The smallest absolute Gasteiger partial charge is 0.356 e. The van der Waals surface area contributed by atoms with Crippen LogP contribution in [-0.2, 0) is 4.74 Å². The molecule has 1 aliphatic rings. The molecule has 8 heteroatoms. The Bertz CT molecular complexity index is 596. The molecule has 2 atom stereocenters. The van der Waals surface area contributed by atoms with Gasteiger partial charge >= 0.3 is 11.4 Å². The summed E-state index contributed by atoms with van der Waals surface area (Å²) in [7, 11) is 0. The van der Waals surface area contributed by atoms with Crippen LogP contribution in [0, 0.1) is 26.1 Å². The first kappa shape index (κ1) is 15.0. The van der Waals surface area contributed by atoms with Crippen LogP contribution in [0.2, 0.25) is 0 Å². The fraction of sp³-hybridized carbons (Fsp3) is 0.462. The number of nitro benzene ring substituents is 2. The van der Waals surface area contributed by atoms with Crippen LogP contribution >= 0.6 is 0 Å². The van der Waals surface area contributed by atoms with Crippen molar-refractivity contribution in [3.8, 4) is 0 Å². The zero-order valence-electron chi connectivity index (χ0n) is 11.4. The molecule has 1 heterocycles. The summed E-state index contributed by atoms with van der Waals surface area (Å²) in [5.74, 6) is -0.953. The lowest BCUT2D eigenvalue weighted by Crippen LogP contribution is -2.21. The largest absolute Gasteiger partial charge is 0.372 e. The van der Waals surface area contributed by atoms with Gasteiger partial charge < -0.3 is 4.74 Å². The number of nitrogens with zero attached hydrogens (tertiary/aromatic N) is 2. The molecule has 1 fully saturated rings. The molecule has 1 aliphatic heterocycles. The third kappa shape index (κ3) is 3.05. The summed E-state index contributed by atoms with van der Waals surface area (Å²) >= 11 is 0. The molecular formula is C13H14N2O6. The quantitative estimate of drug-likeness (QED) is 0.330. The number of hydrogen-bond donors (Lipinski definition) is 0. The van der Waals surface area contributed by atoms with Crippen LogP contribution in [0.4, 0.5) is 11.4 Å². The zero-order chi connectivity index (χ0) is 15.6. The molecule has 0 bridgehead atoms. The van der Waals surface area contributed by atoms with Gasteiger partial charge in [-0.15, -0.1) is 0 Å². The predicted molar refractivity (Wildman–Crippen MR) is 72.2 cm³/mol. The van der Waals surface area contributed by atoms with Crippen LogP contribution < -0.4 is 0 Å². The molecule has 2 unspecified atom stereocenters. The van der Waals surface area contributed by atoms with Crippen LogP contribution in [0.5, 0.6) is 0 Å². The molecule has 0 saturated carbocycles. The van der Waals surface area contributed by atoms with E-state index in [1.807, 2.05) is 6.92 Å². The van der Waals surface area contributed by atoms with E-state index in [1.54, 1.807) is 0 Å². The Balaban J connectivity index is 2.47. The molecule has 0 spiro atoms. The predicted octanol–water partition coefficient (Wildman–Crippen LogP) is 2.50. The Morgan fingerprint density at radius 1 is 1.38 bits per heavy atom. The highest BCUT2D eigenvalue weighted by Gasteiger charge is 2.41. The minimum atomic E-state index is -0.873. The van der Waals surface area contributed by atoms with E-state index >= 15 is 0 Å². The van der Waals surface area contributed by atoms with Crippen molar-refractivity contribution in [2.75, 3.05) is 6.61 Å². The van der Waals surface area contributed by atoms with Gasteiger partial charge in [-0.25, -0.2) is 0 Å². The normalized spacial score (nSPS) is 18.0. The number of benzene rings is 1. The van der Waals surface area contributed by atoms with Crippen molar-refractivity contribution < 1.29 is 19.4 Å². The van der Waals surface area contributed by atoms with E-state index in [0.717, 1.165) is 12.5 Å². The van der Waals surface area contributed by atoms with Gasteiger partial charge in [0.15, 0.2) is 5.78 Å². The summed E-state index contributed by atoms with van der Waals surface area (Å²) in [4.78, 5) is 32.8. The molecule has 112 valence electrons. The second kappa shape index (κ2) is 5.96. The van der Waals surface area contributed by atoms with Crippen molar-refractivity contribution in [2.24, 2.45) is 5.92 Å². The summed E-state index contributed by atoms with van der Waals surface area (Å²) in [6.07, 6.45) is 1.01. The fourth-order valence-corrected chi connectivity index (χ4v) is 2.35. The molecule has 0 aromatic heterocycles. The van der Waals surface area contributed by atoms with E-state index in [0.29, 0.717) is 13.0 Å². The molecule has 1 aromatic carbocycles. The van der Waals surface area contributed by atoms with Crippen LogP contribution in [0.25, 0.3) is 0 Å². The van der Waals surface area contributed by atoms with Crippen LogP contribution in [0.15, 0.2) is 18.2 Å². The highest BCUT2D eigenvalue weighted by atomic mass is 16.6. The lowest BCUT2D eigenvalue weighted by atomic mass is 9.90. The molecule has 0 radical (unpaired) electrons. The van der Waals surface area contributed by atoms with Crippen LogP contribution in [0.3, 0.4) is 0 Å². The molecule has 21 heavy (non-hydrogen) atoms. The lowest BCUT2D eigenvalue weighted by Gasteiger charge is -2.12. The van der Waals surface area contributed by atoms with Gasteiger partial charge in [-0.2, -0.15) is 0 Å². The van der Waals surface area contributed by atoms with Gasteiger partial charge in [0.1, 0.15) is 5.56 Å². The van der Waals surface area contributed by atoms with Crippen molar-refractivity contribution in [3.05, 3.63) is 44.0 Å². The molecule has 1 aromatic rings. The molecular weight excluding hydrogens is 280 g/mol. The molecule has 0 N–H and O–H groups in total. The molecule has 1 saturated heterocycles. The summed E-state index contributed by atoms with van der Waals surface area (Å²) in [6, 6.07) is 3.57. The summed E-state index contributed by atoms with van der Waals surface area (Å²) < 4.78 is 5.12. The fourth-order valence-electron chi connectivity index (χ4n) is 2.35. The van der Waals surface area contributed by atoms with E-state index < -0.39 is 32.9 Å². The maximum absolute atomic E-state index is 12.5. The number of carbonyl (C=O) groups is 1. The Labute approximate surface area is 120 Å². The van der Waals surface area contributed by atoms with Crippen molar-refractivity contribution in [3.63, 3.8) is 0 Å². The van der Waals surface area contributed by atoms with Crippen molar-refractivity contribution >= 4 is 17.2 Å². The van der Waals surface area contributed by atoms with Gasteiger partial charge in [0.2, 0.25) is 0 Å². The number of hydrogen-bond acceptors (Lipinski definition) is 6. The third-order valence-electron chi connectivity index (χ3n) is 3.40. The SMILES string of the molecule is CCCC(C(=O)c1cccc([N+](=O)[O-])c1[N+](=O)[O-])C1CO1. The number of epoxide rings is 1. The zero-order valence-corrected chi connectivity index (χ0v) is 11.4. The van der Waals surface area contributed by atoms with E-state index in [9.17, 15) is 25.0 Å². The van der Waals surface area contributed by atoms with Gasteiger partial charge in [-0.3, -0.25) is 25.0 Å². The summed E-state index contributed by atoms with van der Waals surface area (Å²) in [5.41, 5.74) is -1.63. The first-order valence-corrected chi connectivity index (χ1v) is 6.55. The van der Waals surface area contributed by atoms with Crippen LogP contribution in [0.1, 0.15) is 30.1 Å². The van der Waals surface area contributed by atoms with Crippen molar-refractivity contribution in [1.29, 1.82) is 0 Å².